The van der Waals surface area contributed by atoms with E-state index < -0.39 is 70.2 Å². The van der Waals surface area contributed by atoms with Gasteiger partial charge in [-0.25, -0.2) is 30.0 Å². The number of allylic oxidation sites excluding steroid dienone is 6. The molecule has 0 amide bonds. The predicted molar refractivity (Wildman–Crippen MR) is 110 cm³/mol. The van der Waals surface area contributed by atoms with E-state index in [-0.39, 0.29) is 19.3 Å². The van der Waals surface area contributed by atoms with E-state index in [0.29, 0.717) is 12.2 Å². The number of nitrogens with one attached hydrogen (secondary N) is 1. The molecule has 0 heterocycles. The van der Waals surface area contributed by atoms with Gasteiger partial charge in [0.15, 0.2) is 22.3 Å². The number of benzene rings is 1. The van der Waals surface area contributed by atoms with Gasteiger partial charge < -0.3 is 0 Å². The highest BCUT2D eigenvalue weighted by atomic mass is 32.3. The van der Waals surface area contributed by atoms with Gasteiger partial charge in [0.1, 0.15) is 11.6 Å². The lowest BCUT2D eigenvalue weighted by Crippen LogP contribution is -2.33. The zero-order chi connectivity index (χ0) is 25.9. The summed E-state index contributed by atoms with van der Waals surface area (Å²) in [6.45, 7) is 1.30. The van der Waals surface area contributed by atoms with Gasteiger partial charge in [-0.05, 0) is 38.3 Å². The maximum Gasteiger partial charge on any atom is 0.416 e. The number of sulfonamides is 2. The lowest BCUT2D eigenvalue weighted by Gasteiger charge is -2.13. The monoisotopic (exact) mass is 526 g/mol. The molecule has 34 heavy (non-hydrogen) atoms. The Morgan fingerprint density at radius 3 is 2.15 bits per heavy atom. The minimum Gasteiger partial charge on any atom is -0.206 e. The van der Waals surface area contributed by atoms with E-state index in [0.717, 1.165) is 28.4 Å². The molecule has 0 fully saturated rings. The van der Waals surface area contributed by atoms with Gasteiger partial charge in [0.25, 0.3) is 20.0 Å². The number of hydrogen-bond donors (Lipinski definition) is 1. The topological polar surface area (TPSA) is 104 Å². The van der Waals surface area contributed by atoms with Crippen LogP contribution in [0.4, 0.5) is 26.3 Å². The van der Waals surface area contributed by atoms with Crippen LogP contribution in [-0.4, -0.2) is 23.0 Å². The maximum absolute atomic E-state index is 14.8. The van der Waals surface area contributed by atoms with Crippen molar-refractivity contribution < 1.29 is 43.2 Å². The second kappa shape index (κ2) is 10.2. The molecular formula is C20H16F6N2O4S2. The molecule has 0 atom stereocenters. The summed E-state index contributed by atoms with van der Waals surface area (Å²) in [5, 5.41) is 8.96. The third-order valence-corrected chi connectivity index (χ3v) is 8.01. The average Bonchev–Trinajstić information content (AvgIpc) is 2.83. The quantitative estimate of drug-likeness (QED) is 0.441. The van der Waals surface area contributed by atoms with Crippen LogP contribution in [0.1, 0.15) is 37.3 Å². The summed E-state index contributed by atoms with van der Waals surface area (Å²) in [5.41, 5.74) is -3.27. The Hall–Kier alpha value is -2.89. The van der Waals surface area contributed by atoms with Crippen molar-refractivity contribution in [3.8, 4) is 6.07 Å². The molecule has 1 N–H and O–H groups in total. The summed E-state index contributed by atoms with van der Waals surface area (Å²) < 4.78 is 134. The second-order valence-corrected chi connectivity index (χ2v) is 10.3. The molecule has 0 saturated heterocycles. The molecule has 0 bridgehead atoms. The third kappa shape index (κ3) is 5.78. The van der Waals surface area contributed by atoms with E-state index in [1.54, 1.807) is 0 Å². The number of alkyl halides is 3. The summed E-state index contributed by atoms with van der Waals surface area (Å²) in [6, 6.07) is 1.19. The molecule has 1 aromatic carbocycles. The third-order valence-electron chi connectivity index (χ3n) is 4.43. The fraction of sp³-hybridized carbons (Fsp3) is 0.250. The number of nitrogens with zero attached hydrogens (tertiary/aromatic N) is 1. The molecule has 1 aromatic rings. The van der Waals surface area contributed by atoms with Crippen LogP contribution >= 0.6 is 0 Å². The molecule has 14 heteroatoms. The standard InChI is InChI=1S/C20H16F6N2O4S2/c1-2-6-14-15(11-27)16(21)18(23)19(17(14)22)34(31,32)28-33(29,30)13-8-5-3-4-7-12(9-10-13)20(24,25)26/h2,6-10,28H,3-5H2,1H3/b6-2+,10-9-,12-7-,13-8+. The minimum absolute atomic E-state index is 0.0522. The van der Waals surface area contributed by atoms with Crippen LogP contribution in [0.5, 0.6) is 0 Å². The van der Waals surface area contributed by atoms with E-state index >= 15 is 0 Å². The van der Waals surface area contributed by atoms with Crippen molar-refractivity contribution >= 4 is 26.1 Å². The second-order valence-electron chi connectivity index (χ2n) is 6.79. The Kier molecular flexibility index (Phi) is 8.18. The Morgan fingerprint density at radius 1 is 0.971 bits per heavy atom. The maximum atomic E-state index is 14.8. The molecule has 184 valence electrons. The number of hydrogen-bond acceptors (Lipinski definition) is 5. The van der Waals surface area contributed by atoms with Gasteiger partial charge in [0.2, 0.25) is 0 Å². The minimum atomic E-state index is -5.67. The Bertz CT molecular complexity index is 1370. The van der Waals surface area contributed by atoms with E-state index in [9.17, 15) is 43.2 Å². The molecule has 2 rings (SSSR count). The van der Waals surface area contributed by atoms with Crippen LogP contribution in [-0.2, 0) is 20.0 Å². The van der Waals surface area contributed by atoms with Crippen molar-refractivity contribution in [3.05, 3.63) is 69.4 Å². The van der Waals surface area contributed by atoms with Crippen LogP contribution in [0.3, 0.4) is 0 Å². The smallest absolute Gasteiger partial charge is 0.206 e. The SMILES string of the molecule is C/C=C/c1c(F)c(S(=O)(=O)NS(=O)(=O)C2=C/CCC/C=C(C(F)(F)F)/C=C\2)c(F)c(F)c1C#N. The lowest BCUT2D eigenvalue weighted by atomic mass is 10.1. The largest absolute Gasteiger partial charge is 0.416 e. The molecule has 0 aromatic heterocycles. The van der Waals surface area contributed by atoms with Gasteiger partial charge in [-0.15, -0.1) is 4.13 Å². The van der Waals surface area contributed by atoms with Crippen molar-refractivity contribution in [2.75, 3.05) is 0 Å². The first-order chi connectivity index (χ1) is 15.7. The number of nitriles is 1. The average molecular weight is 526 g/mol. The van der Waals surface area contributed by atoms with Gasteiger partial charge in [0.05, 0.1) is 10.5 Å². The molecular weight excluding hydrogens is 510 g/mol. The van der Waals surface area contributed by atoms with E-state index in [2.05, 4.69) is 0 Å². The van der Waals surface area contributed by atoms with E-state index in [1.807, 2.05) is 0 Å². The molecule has 0 unspecified atom stereocenters. The van der Waals surface area contributed by atoms with Gasteiger partial charge in [0, 0.05) is 5.56 Å². The van der Waals surface area contributed by atoms with Gasteiger partial charge >= 0.3 is 6.18 Å². The normalized spacial score (nSPS) is 19.8. The molecule has 1 aliphatic carbocycles. The number of halogens is 6. The van der Waals surface area contributed by atoms with Crippen LogP contribution in [0, 0.1) is 28.8 Å². The van der Waals surface area contributed by atoms with Crippen molar-refractivity contribution in [1.82, 2.24) is 4.13 Å². The van der Waals surface area contributed by atoms with Gasteiger partial charge in [-0.3, -0.25) is 0 Å². The molecule has 0 spiro atoms. The van der Waals surface area contributed by atoms with Crippen molar-refractivity contribution in [1.29, 1.82) is 5.26 Å². The summed E-state index contributed by atoms with van der Waals surface area (Å²) >= 11 is 0. The van der Waals surface area contributed by atoms with E-state index in [4.69, 9.17) is 5.26 Å². The fourth-order valence-corrected chi connectivity index (χ4v) is 6.03. The summed E-state index contributed by atoms with van der Waals surface area (Å²) in [7, 11) is -10.9. The summed E-state index contributed by atoms with van der Waals surface area (Å²) in [4.78, 5) is -2.93. The zero-order valence-electron chi connectivity index (χ0n) is 17.2. The molecule has 6 nitrogen and oxygen atoms in total. The Labute approximate surface area is 191 Å². The van der Waals surface area contributed by atoms with Crippen molar-refractivity contribution in [2.45, 2.75) is 37.3 Å². The first-order valence-corrected chi connectivity index (χ1v) is 12.3. The molecule has 0 aliphatic heterocycles. The predicted octanol–water partition coefficient (Wildman–Crippen LogP) is 4.73. The van der Waals surface area contributed by atoms with Crippen molar-refractivity contribution in [3.63, 3.8) is 0 Å². The van der Waals surface area contributed by atoms with Crippen LogP contribution in [0.2, 0.25) is 0 Å². The van der Waals surface area contributed by atoms with E-state index in [1.165, 1.54) is 13.0 Å². The highest BCUT2D eigenvalue weighted by Gasteiger charge is 2.36. The van der Waals surface area contributed by atoms with Crippen LogP contribution in [0.15, 0.2) is 45.8 Å². The molecule has 0 saturated carbocycles. The number of rotatable bonds is 5. The highest BCUT2D eigenvalue weighted by molar-refractivity contribution is 8.06. The molecule has 0 radical (unpaired) electrons. The van der Waals surface area contributed by atoms with Crippen LogP contribution in [0.25, 0.3) is 6.08 Å². The summed E-state index contributed by atoms with van der Waals surface area (Å²) in [5.74, 6) is -6.31. The Balaban J connectivity index is 2.62. The zero-order valence-corrected chi connectivity index (χ0v) is 18.9. The first-order valence-electron chi connectivity index (χ1n) is 9.34. The Morgan fingerprint density at radius 2 is 1.59 bits per heavy atom. The van der Waals surface area contributed by atoms with Crippen LogP contribution < -0.4 is 4.13 Å². The van der Waals surface area contributed by atoms with Gasteiger partial charge in [-0.2, -0.15) is 18.4 Å². The molecule has 1 aliphatic rings. The summed E-state index contributed by atoms with van der Waals surface area (Å²) in [6.07, 6.45) is -0.320. The van der Waals surface area contributed by atoms with Crippen molar-refractivity contribution in [2.24, 2.45) is 0 Å². The lowest BCUT2D eigenvalue weighted by molar-refractivity contribution is -0.0884. The fourth-order valence-electron chi connectivity index (χ4n) is 2.90. The highest BCUT2D eigenvalue weighted by Crippen LogP contribution is 2.31. The first kappa shape index (κ1) is 27.4. The van der Waals surface area contributed by atoms with Gasteiger partial charge in [-0.1, -0.05) is 24.3 Å².